The van der Waals surface area contributed by atoms with Crippen LogP contribution in [0, 0.1) is 11.3 Å². The summed E-state index contributed by atoms with van der Waals surface area (Å²) in [5.41, 5.74) is 5.31. The molecule has 100 valence electrons. The molecular weight excluding hydrogens is 222 g/mol. The maximum atomic E-state index is 11.6. The molecule has 6 heteroatoms. The summed E-state index contributed by atoms with van der Waals surface area (Å²) in [6, 6.07) is 0. The Hall–Kier alpha value is -1.30. The fourth-order valence-corrected chi connectivity index (χ4v) is 1.17. The molecule has 1 atom stereocenters. The average Bonchev–Trinajstić information content (AvgIpc) is 2.31. The Labute approximate surface area is 102 Å². The Morgan fingerprint density at radius 2 is 2.18 bits per heavy atom. The van der Waals surface area contributed by atoms with Crippen LogP contribution < -0.4 is 11.1 Å². The van der Waals surface area contributed by atoms with Gasteiger partial charge in [0.05, 0.1) is 5.92 Å². The molecule has 0 radical (unpaired) electrons. The molecule has 0 heterocycles. The Morgan fingerprint density at radius 1 is 1.59 bits per heavy atom. The van der Waals surface area contributed by atoms with E-state index < -0.39 is 5.92 Å². The highest BCUT2D eigenvalue weighted by atomic mass is 16.5. The molecule has 0 aromatic carbocycles. The van der Waals surface area contributed by atoms with Crippen LogP contribution in [0.1, 0.15) is 27.2 Å². The van der Waals surface area contributed by atoms with E-state index in [1.807, 2.05) is 13.8 Å². The van der Waals surface area contributed by atoms with E-state index in [1.165, 1.54) is 0 Å². The smallest absolute Gasteiger partial charge is 0.230 e. The minimum absolute atomic E-state index is 0.0451. The van der Waals surface area contributed by atoms with Crippen LogP contribution in [0.25, 0.3) is 0 Å². The van der Waals surface area contributed by atoms with Crippen LogP contribution in [-0.2, 0) is 9.53 Å². The summed E-state index contributed by atoms with van der Waals surface area (Å²) in [6.45, 7) is 6.85. The van der Waals surface area contributed by atoms with Gasteiger partial charge in [0, 0.05) is 20.3 Å². The van der Waals surface area contributed by atoms with E-state index in [0.717, 1.165) is 6.42 Å². The van der Waals surface area contributed by atoms with Gasteiger partial charge >= 0.3 is 0 Å². The van der Waals surface area contributed by atoms with E-state index in [-0.39, 0.29) is 17.2 Å². The number of carbonyl (C=O) groups excluding carboxylic acids is 1. The van der Waals surface area contributed by atoms with Crippen molar-refractivity contribution in [3.05, 3.63) is 0 Å². The first-order valence-electron chi connectivity index (χ1n) is 5.58. The summed E-state index contributed by atoms with van der Waals surface area (Å²) in [6.07, 6.45) is 0.849. The molecule has 1 amide bonds. The van der Waals surface area contributed by atoms with Crippen LogP contribution in [-0.4, -0.2) is 37.2 Å². The fourth-order valence-electron chi connectivity index (χ4n) is 1.17. The van der Waals surface area contributed by atoms with Crippen LogP contribution in [0.2, 0.25) is 0 Å². The molecule has 0 rings (SSSR count). The standard InChI is InChI=1S/C11H23N3O3/c1-8(9(12)14-16)10(15)13-7-11(2,3)5-6-17-4/h8,16H,5-7H2,1-4H3,(H2,12,14)(H,13,15). The molecule has 6 nitrogen and oxygen atoms in total. The van der Waals surface area contributed by atoms with Gasteiger partial charge in [0.15, 0.2) is 5.84 Å². The number of ether oxygens (including phenoxy) is 1. The Kier molecular flexibility index (Phi) is 6.57. The quantitative estimate of drug-likeness (QED) is 0.264. The van der Waals surface area contributed by atoms with Crippen molar-refractivity contribution >= 4 is 11.7 Å². The van der Waals surface area contributed by atoms with Gasteiger partial charge in [-0.25, -0.2) is 0 Å². The van der Waals surface area contributed by atoms with E-state index >= 15 is 0 Å². The van der Waals surface area contributed by atoms with E-state index in [1.54, 1.807) is 14.0 Å². The Bertz CT molecular complexity index is 277. The van der Waals surface area contributed by atoms with Gasteiger partial charge in [-0.3, -0.25) is 4.79 Å². The Morgan fingerprint density at radius 3 is 2.65 bits per heavy atom. The topological polar surface area (TPSA) is 96.9 Å². The SMILES string of the molecule is COCCC(C)(C)CNC(=O)C(C)C(N)=NO. The predicted octanol–water partition coefficient (Wildman–Crippen LogP) is 0.548. The van der Waals surface area contributed by atoms with Gasteiger partial charge in [0.2, 0.25) is 5.91 Å². The van der Waals surface area contributed by atoms with Crippen molar-refractivity contribution in [2.45, 2.75) is 27.2 Å². The van der Waals surface area contributed by atoms with E-state index in [9.17, 15) is 4.79 Å². The highest BCUT2D eigenvalue weighted by Crippen LogP contribution is 2.18. The molecule has 17 heavy (non-hydrogen) atoms. The molecule has 0 fully saturated rings. The highest BCUT2D eigenvalue weighted by Gasteiger charge is 2.22. The second kappa shape index (κ2) is 7.11. The monoisotopic (exact) mass is 245 g/mol. The molecule has 0 aliphatic rings. The number of nitrogens with one attached hydrogen (secondary N) is 1. The van der Waals surface area contributed by atoms with Crippen molar-refractivity contribution in [1.29, 1.82) is 0 Å². The number of carbonyl (C=O) groups is 1. The van der Waals surface area contributed by atoms with Gasteiger partial charge in [-0.05, 0) is 18.8 Å². The minimum atomic E-state index is -0.627. The first kappa shape index (κ1) is 15.7. The molecule has 4 N–H and O–H groups in total. The number of amidine groups is 1. The minimum Gasteiger partial charge on any atom is -0.409 e. The first-order chi connectivity index (χ1) is 7.84. The molecule has 0 bridgehead atoms. The third-order valence-electron chi connectivity index (χ3n) is 2.68. The number of amides is 1. The van der Waals surface area contributed by atoms with Crippen LogP contribution in [0.3, 0.4) is 0 Å². The van der Waals surface area contributed by atoms with Crippen molar-refractivity contribution in [3.63, 3.8) is 0 Å². The lowest BCUT2D eigenvalue weighted by atomic mass is 9.89. The average molecular weight is 245 g/mol. The lowest BCUT2D eigenvalue weighted by Crippen LogP contribution is -2.41. The summed E-state index contributed by atoms with van der Waals surface area (Å²) in [5, 5.41) is 14.1. The van der Waals surface area contributed by atoms with Crippen LogP contribution in [0.15, 0.2) is 5.16 Å². The fraction of sp³-hybridized carbons (Fsp3) is 0.818. The third kappa shape index (κ3) is 6.11. The van der Waals surface area contributed by atoms with Crippen molar-refractivity contribution in [1.82, 2.24) is 5.32 Å². The number of rotatable bonds is 7. The zero-order valence-electron chi connectivity index (χ0n) is 11.0. The number of oxime groups is 1. The third-order valence-corrected chi connectivity index (χ3v) is 2.68. The van der Waals surface area contributed by atoms with E-state index in [0.29, 0.717) is 13.2 Å². The molecule has 0 aliphatic heterocycles. The summed E-state index contributed by atoms with van der Waals surface area (Å²) in [7, 11) is 1.65. The number of nitrogens with two attached hydrogens (primary N) is 1. The van der Waals surface area contributed by atoms with E-state index in [4.69, 9.17) is 15.7 Å². The number of methoxy groups -OCH3 is 1. The Balaban J connectivity index is 4.15. The largest absolute Gasteiger partial charge is 0.409 e. The van der Waals surface area contributed by atoms with Gasteiger partial charge in [0.25, 0.3) is 0 Å². The zero-order chi connectivity index (χ0) is 13.5. The molecule has 0 aliphatic carbocycles. The highest BCUT2D eigenvalue weighted by molar-refractivity contribution is 6.01. The second-order valence-electron chi connectivity index (χ2n) is 4.87. The number of hydrogen-bond acceptors (Lipinski definition) is 4. The van der Waals surface area contributed by atoms with Gasteiger partial charge in [-0.2, -0.15) is 0 Å². The summed E-state index contributed by atoms with van der Waals surface area (Å²) in [5.74, 6) is -0.957. The maximum absolute atomic E-state index is 11.6. The molecule has 1 unspecified atom stereocenters. The van der Waals surface area contributed by atoms with Gasteiger partial charge in [0.1, 0.15) is 0 Å². The molecule has 0 aromatic heterocycles. The van der Waals surface area contributed by atoms with Crippen molar-refractivity contribution in [2.75, 3.05) is 20.3 Å². The van der Waals surface area contributed by atoms with Crippen LogP contribution in [0.5, 0.6) is 0 Å². The zero-order valence-corrected chi connectivity index (χ0v) is 11.0. The van der Waals surface area contributed by atoms with Gasteiger partial charge in [-0.1, -0.05) is 19.0 Å². The lowest BCUT2D eigenvalue weighted by Gasteiger charge is -2.25. The molecule has 0 saturated heterocycles. The normalized spacial score (nSPS) is 14.5. The summed E-state index contributed by atoms with van der Waals surface area (Å²) < 4.78 is 5.00. The first-order valence-corrected chi connectivity index (χ1v) is 5.58. The summed E-state index contributed by atoms with van der Waals surface area (Å²) in [4.78, 5) is 11.6. The maximum Gasteiger partial charge on any atom is 0.230 e. The lowest BCUT2D eigenvalue weighted by molar-refractivity contribution is -0.123. The summed E-state index contributed by atoms with van der Waals surface area (Å²) >= 11 is 0. The molecule has 0 aromatic rings. The van der Waals surface area contributed by atoms with Gasteiger partial charge < -0.3 is 21.0 Å². The predicted molar refractivity (Wildman–Crippen MR) is 65.9 cm³/mol. The van der Waals surface area contributed by atoms with E-state index in [2.05, 4.69) is 10.5 Å². The van der Waals surface area contributed by atoms with Crippen molar-refractivity contribution in [3.8, 4) is 0 Å². The van der Waals surface area contributed by atoms with Crippen LogP contribution >= 0.6 is 0 Å². The van der Waals surface area contributed by atoms with Gasteiger partial charge in [-0.15, -0.1) is 0 Å². The van der Waals surface area contributed by atoms with Crippen molar-refractivity contribution in [2.24, 2.45) is 22.2 Å². The molecule has 0 spiro atoms. The number of nitrogens with zero attached hydrogens (tertiary/aromatic N) is 1. The second-order valence-corrected chi connectivity index (χ2v) is 4.87. The van der Waals surface area contributed by atoms with Crippen molar-refractivity contribution < 1.29 is 14.7 Å². The molecule has 0 saturated carbocycles. The van der Waals surface area contributed by atoms with Crippen LogP contribution in [0.4, 0.5) is 0 Å². The number of hydrogen-bond donors (Lipinski definition) is 3. The molecular formula is C11H23N3O3.